The van der Waals surface area contributed by atoms with Gasteiger partial charge in [0, 0.05) is 6.42 Å². The van der Waals surface area contributed by atoms with E-state index in [1.807, 2.05) is 0 Å². The molecule has 0 unspecified atom stereocenters. The molecule has 1 spiro atoms. The number of ketones is 1. The van der Waals surface area contributed by atoms with Gasteiger partial charge in [-0.3, -0.25) is 4.79 Å². The van der Waals surface area contributed by atoms with Crippen LogP contribution in [0.25, 0.3) is 0 Å². The zero-order valence-electron chi connectivity index (χ0n) is 7.54. The van der Waals surface area contributed by atoms with E-state index in [9.17, 15) is 9.59 Å². The Hall–Kier alpha value is -1.69. The topological polar surface area (TPSA) is 88.5 Å². The van der Waals surface area contributed by atoms with Crippen molar-refractivity contribution in [3.63, 3.8) is 0 Å². The van der Waals surface area contributed by atoms with Gasteiger partial charge in [-0.05, 0) is 12.2 Å². The molecule has 0 aromatic carbocycles. The maximum absolute atomic E-state index is 11.2. The van der Waals surface area contributed by atoms with E-state index in [1.165, 1.54) is 6.08 Å². The van der Waals surface area contributed by atoms with Crippen molar-refractivity contribution in [2.45, 2.75) is 24.2 Å². The molecule has 6 nitrogen and oxygen atoms in total. The summed E-state index contributed by atoms with van der Waals surface area (Å²) in [6.07, 6.45) is 2.21. The van der Waals surface area contributed by atoms with Crippen molar-refractivity contribution in [1.29, 1.82) is 0 Å². The molecule has 3 aliphatic rings. The molecule has 1 saturated heterocycles. The molecule has 1 N–H and O–H groups in total. The lowest BCUT2D eigenvalue weighted by Gasteiger charge is -2.21. The van der Waals surface area contributed by atoms with Crippen molar-refractivity contribution in [3.05, 3.63) is 12.2 Å². The molecule has 0 bridgehead atoms. The largest absolute Gasteiger partial charge is 0.477 e. The monoisotopic (exact) mass is 209 g/mol. The average molecular weight is 209 g/mol. The molecular formula is C9H7NO5. The van der Waals surface area contributed by atoms with E-state index < -0.39 is 17.7 Å². The predicted octanol–water partition coefficient (Wildman–Crippen LogP) is -0.508. The van der Waals surface area contributed by atoms with Crippen LogP contribution in [-0.2, 0) is 19.2 Å². The second-order valence-corrected chi connectivity index (χ2v) is 3.78. The van der Waals surface area contributed by atoms with Gasteiger partial charge in [-0.2, -0.15) is 0 Å². The van der Waals surface area contributed by atoms with Crippen LogP contribution in [0.3, 0.4) is 0 Å². The van der Waals surface area contributed by atoms with Gasteiger partial charge in [0.1, 0.15) is 6.10 Å². The molecule has 0 radical (unpaired) electrons. The number of carboxylic acids is 1. The average Bonchev–Trinajstić information content (AvgIpc) is 2.90. The SMILES string of the molecule is O=C(O)C1=NO[C@]2(C=CC(=O)[C@@H]3O[C@@H]32)C1. The quantitative estimate of drug-likeness (QED) is 0.587. The molecule has 1 fully saturated rings. The molecule has 0 aromatic heterocycles. The molecule has 0 saturated carbocycles. The fraction of sp³-hybridized carbons (Fsp3) is 0.444. The highest BCUT2D eigenvalue weighted by Gasteiger charge is 2.63. The van der Waals surface area contributed by atoms with E-state index in [2.05, 4.69) is 5.16 Å². The molecule has 0 aromatic rings. The highest BCUT2D eigenvalue weighted by atomic mass is 16.7. The number of rotatable bonds is 1. The molecule has 2 heterocycles. The van der Waals surface area contributed by atoms with Crippen LogP contribution in [0.4, 0.5) is 0 Å². The Labute approximate surface area is 84.1 Å². The number of carbonyl (C=O) groups excluding carboxylic acids is 1. The van der Waals surface area contributed by atoms with E-state index >= 15 is 0 Å². The number of oxime groups is 1. The zero-order chi connectivity index (χ0) is 10.6. The molecule has 1 aliphatic carbocycles. The lowest BCUT2D eigenvalue weighted by molar-refractivity contribution is -0.129. The summed E-state index contributed by atoms with van der Waals surface area (Å²) < 4.78 is 5.15. The van der Waals surface area contributed by atoms with Crippen LogP contribution in [0.1, 0.15) is 6.42 Å². The van der Waals surface area contributed by atoms with Crippen molar-refractivity contribution in [2.24, 2.45) is 5.16 Å². The van der Waals surface area contributed by atoms with E-state index in [1.54, 1.807) is 6.08 Å². The number of hydrogen-bond acceptors (Lipinski definition) is 5. The second-order valence-electron chi connectivity index (χ2n) is 3.78. The summed E-state index contributed by atoms with van der Waals surface area (Å²) in [5, 5.41) is 12.2. The molecule has 2 aliphatic heterocycles. The van der Waals surface area contributed by atoms with Gasteiger partial charge in [-0.25, -0.2) is 4.79 Å². The van der Waals surface area contributed by atoms with E-state index in [4.69, 9.17) is 14.7 Å². The number of epoxide rings is 1. The van der Waals surface area contributed by atoms with Gasteiger partial charge >= 0.3 is 5.97 Å². The van der Waals surface area contributed by atoms with Gasteiger partial charge in [0.2, 0.25) is 0 Å². The van der Waals surface area contributed by atoms with E-state index in [0.29, 0.717) is 0 Å². The Morgan fingerprint density at radius 1 is 1.67 bits per heavy atom. The molecule has 3 rings (SSSR count). The summed E-state index contributed by atoms with van der Waals surface area (Å²) in [4.78, 5) is 26.9. The Kier molecular flexibility index (Phi) is 1.41. The Bertz CT molecular complexity index is 426. The Morgan fingerprint density at radius 3 is 3.13 bits per heavy atom. The normalized spacial score (nSPS) is 41.1. The number of hydrogen-bond donors (Lipinski definition) is 1. The summed E-state index contributed by atoms with van der Waals surface area (Å²) in [6, 6.07) is 0. The van der Waals surface area contributed by atoms with Gasteiger partial charge in [0.05, 0.1) is 0 Å². The highest BCUT2D eigenvalue weighted by Crippen LogP contribution is 2.44. The van der Waals surface area contributed by atoms with Gasteiger partial charge in [-0.1, -0.05) is 5.16 Å². The van der Waals surface area contributed by atoms with Crippen molar-refractivity contribution < 1.29 is 24.3 Å². The molecule has 78 valence electrons. The predicted molar refractivity (Wildman–Crippen MR) is 46.3 cm³/mol. The third-order valence-electron chi connectivity index (χ3n) is 2.80. The van der Waals surface area contributed by atoms with Crippen LogP contribution in [0.2, 0.25) is 0 Å². The van der Waals surface area contributed by atoms with Crippen molar-refractivity contribution >= 4 is 17.5 Å². The maximum Gasteiger partial charge on any atom is 0.353 e. The summed E-state index contributed by atoms with van der Waals surface area (Å²) in [6.45, 7) is 0. The van der Waals surface area contributed by atoms with Gasteiger partial charge in [0.25, 0.3) is 0 Å². The fourth-order valence-corrected chi connectivity index (χ4v) is 1.94. The highest BCUT2D eigenvalue weighted by molar-refractivity contribution is 6.36. The van der Waals surface area contributed by atoms with Crippen LogP contribution in [0, 0.1) is 0 Å². The third-order valence-corrected chi connectivity index (χ3v) is 2.80. The number of carbonyl (C=O) groups is 2. The Morgan fingerprint density at radius 2 is 2.47 bits per heavy atom. The summed E-state index contributed by atoms with van der Waals surface area (Å²) in [7, 11) is 0. The fourth-order valence-electron chi connectivity index (χ4n) is 1.94. The zero-order valence-corrected chi connectivity index (χ0v) is 7.54. The first-order valence-electron chi connectivity index (χ1n) is 4.49. The number of ether oxygens (including phenoxy) is 1. The van der Waals surface area contributed by atoms with Crippen LogP contribution < -0.4 is 0 Å². The summed E-state index contributed by atoms with van der Waals surface area (Å²) >= 11 is 0. The summed E-state index contributed by atoms with van der Waals surface area (Å²) in [5.41, 5.74) is -0.907. The van der Waals surface area contributed by atoms with Crippen LogP contribution in [0.15, 0.2) is 17.3 Å². The number of fused-ring (bicyclic) bond motifs is 2. The molecular weight excluding hydrogens is 202 g/mol. The standard InChI is InChI=1S/C9H7NO5/c11-5-1-2-9(7-6(5)14-7)3-4(8(12)13)10-15-9/h1-2,6-7H,3H2,(H,12,13)/t6-,7-,9+/m0/s1. The second kappa shape index (κ2) is 2.46. The minimum Gasteiger partial charge on any atom is -0.477 e. The first-order chi connectivity index (χ1) is 7.12. The van der Waals surface area contributed by atoms with Gasteiger partial charge in [-0.15, -0.1) is 0 Å². The van der Waals surface area contributed by atoms with Gasteiger partial charge < -0.3 is 14.7 Å². The molecule has 3 atom stereocenters. The number of aliphatic carboxylic acids is 1. The Balaban J connectivity index is 1.88. The molecule has 0 amide bonds. The first-order valence-corrected chi connectivity index (χ1v) is 4.49. The van der Waals surface area contributed by atoms with Crippen LogP contribution in [-0.4, -0.2) is 40.4 Å². The lowest BCUT2D eigenvalue weighted by Crippen LogP contribution is -2.39. The number of carboxylic acid groups (broad SMARTS) is 1. The minimum atomic E-state index is -1.10. The van der Waals surface area contributed by atoms with Crippen molar-refractivity contribution in [3.8, 4) is 0 Å². The first kappa shape index (κ1) is 8.60. The smallest absolute Gasteiger partial charge is 0.353 e. The third kappa shape index (κ3) is 1.05. The van der Waals surface area contributed by atoms with Crippen molar-refractivity contribution in [1.82, 2.24) is 0 Å². The summed E-state index contributed by atoms with van der Waals surface area (Å²) in [5.74, 6) is -1.20. The molecule has 6 heteroatoms. The van der Waals surface area contributed by atoms with Gasteiger partial charge in [0.15, 0.2) is 23.2 Å². The molecule has 15 heavy (non-hydrogen) atoms. The number of nitrogens with zero attached hydrogens (tertiary/aromatic N) is 1. The van der Waals surface area contributed by atoms with Crippen molar-refractivity contribution in [2.75, 3.05) is 0 Å². The minimum absolute atomic E-state index is 0.0387. The maximum atomic E-state index is 11.2. The van der Waals surface area contributed by atoms with Crippen LogP contribution >= 0.6 is 0 Å². The van der Waals surface area contributed by atoms with Crippen LogP contribution in [0.5, 0.6) is 0 Å². The van der Waals surface area contributed by atoms with E-state index in [-0.39, 0.29) is 24.0 Å². The lowest BCUT2D eigenvalue weighted by atomic mass is 9.86. The van der Waals surface area contributed by atoms with E-state index in [0.717, 1.165) is 0 Å².